The number of carbonyl (C=O) groups excluding carboxylic acids is 1. The van der Waals surface area contributed by atoms with Gasteiger partial charge in [0.25, 0.3) is 5.91 Å². The topological polar surface area (TPSA) is 88.6 Å². The number of phenolic OH excluding ortho intramolecular Hbond substituents is 1. The number of pyridine rings is 1. The molecule has 0 saturated carbocycles. The zero-order chi connectivity index (χ0) is 20.5. The third kappa shape index (κ3) is 3.57. The van der Waals surface area contributed by atoms with Gasteiger partial charge in [0.15, 0.2) is 5.65 Å². The molecule has 146 valence electrons. The molecule has 0 aliphatic carbocycles. The molecule has 7 nitrogen and oxygen atoms in total. The standard InChI is InChI=1S/C20H14F2N4O3/c21-13-9-15(22)18(16(27)10-13)19(28)23-14-5-3-4-12(8-14)11-26-20(29)25-7-2-1-6-17(25)24-26/h1-10,27H,11H2,(H,23,28). The highest BCUT2D eigenvalue weighted by Gasteiger charge is 2.19. The van der Waals surface area contributed by atoms with E-state index in [0.717, 1.165) is 0 Å². The van der Waals surface area contributed by atoms with Crippen molar-refractivity contribution in [1.82, 2.24) is 14.2 Å². The van der Waals surface area contributed by atoms with E-state index in [0.29, 0.717) is 29.0 Å². The largest absolute Gasteiger partial charge is 0.507 e. The number of amides is 1. The third-order valence-electron chi connectivity index (χ3n) is 4.27. The van der Waals surface area contributed by atoms with Gasteiger partial charge >= 0.3 is 5.69 Å². The van der Waals surface area contributed by atoms with Gasteiger partial charge in [-0.2, -0.15) is 0 Å². The molecule has 0 radical (unpaired) electrons. The average Bonchev–Trinajstić information content (AvgIpc) is 2.97. The van der Waals surface area contributed by atoms with Crippen LogP contribution in [-0.2, 0) is 6.54 Å². The van der Waals surface area contributed by atoms with Crippen LogP contribution in [-0.4, -0.2) is 25.2 Å². The highest BCUT2D eigenvalue weighted by atomic mass is 19.1. The van der Waals surface area contributed by atoms with Gasteiger partial charge in [-0.25, -0.2) is 18.3 Å². The average molecular weight is 396 g/mol. The van der Waals surface area contributed by atoms with Crippen LogP contribution < -0.4 is 11.0 Å². The van der Waals surface area contributed by atoms with Gasteiger partial charge in [-0.05, 0) is 29.8 Å². The Morgan fingerprint density at radius 1 is 1.10 bits per heavy atom. The summed E-state index contributed by atoms with van der Waals surface area (Å²) in [5.41, 5.74) is 0.510. The summed E-state index contributed by atoms with van der Waals surface area (Å²) in [4.78, 5) is 24.7. The zero-order valence-corrected chi connectivity index (χ0v) is 14.8. The number of nitrogens with one attached hydrogen (secondary N) is 1. The van der Waals surface area contributed by atoms with Crippen LogP contribution >= 0.6 is 0 Å². The number of benzene rings is 2. The molecule has 4 aromatic rings. The lowest BCUT2D eigenvalue weighted by atomic mass is 10.1. The quantitative estimate of drug-likeness (QED) is 0.555. The Morgan fingerprint density at radius 3 is 2.69 bits per heavy atom. The molecule has 0 aliphatic rings. The van der Waals surface area contributed by atoms with E-state index in [1.165, 1.54) is 9.08 Å². The van der Waals surface area contributed by atoms with Crippen LogP contribution in [0.5, 0.6) is 5.75 Å². The maximum atomic E-state index is 13.9. The van der Waals surface area contributed by atoms with Crippen molar-refractivity contribution in [3.05, 3.63) is 94.0 Å². The molecule has 0 spiro atoms. The molecule has 9 heteroatoms. The van der Waals surface area contributed by atoms with Crippen LogP contribution in [0.4, 0.5) is 14.5 Å². The summed E-state index contributed by atoms with van der Waals surface area (Å²) in [6, 6.07) is 12.9. The first-order valence-electron chi connectivity index (χ1n) is 8.55. The SMILES string of the molecule is O=C(Nc1cccc(Cn2nc3ccccn3c2=O)c1)c1c(O)cc(F)cc1F. The van der Waals surface area contributed by atoms with Crippen molar-refractivity contribution in [3.8, 4) is 5.75 Å². The summed E-state index contributed by atoms with van der Waals surface area (Å²) < 4.78 is 29.7. The highest BCUT2D eigenvalue weighted by Crippen LogP contribution is 2.23. The maximum absolute atomic E-state index is 13.9. The van der Waals surface area contributed by atoms with Crippen LogP contribution in [0.25, 0.3) is 5.65 Å². The second-order valence-electron chi connectivity index (χ2n) is 6.31. The van der Waals surface area contributed by atoms with Crippen LogP contribution in [0.2, 0.25) is 0 Å². The number of fused-ring (bicyclic) bond motifs is 1. The van der Waals surface area contributed by atoms with Crippen molar-refractivity contribution >= 4 is 17.2 Å². The summed E-state index contributed by atoms with van der Waals surface area (Å²) in [6.45, 7) is 0.153. The van der Waals surface area contributed by atoms with Crippen molar-refractivity contribution in [2.45, 2.75) is 6.54 Å². The monoisotopic (exact) mass is 396 g/mol. The molecular formula is C20H14F2N4O3. The molecule has 0 saturated heterocycles. The van der Waals surface area contributed by atoms with Gasteiger partial charge in [0.1, 0.15) is 22.9 Å². The van der Waals surface area contributed by atoms with Gasteiger partial charge in [0.2, 0.25) is 0 Å². The number of hydrogen-bond acceptors (Lipinski definition) is 4. The molecule has 29 heavy (non-hydrogen) atoms. The van der Waals surface area contributed by atoms with Gasteiger partial charge in [-0.1, -0.05) is 18.2 Å². The van der Waals surface area contributed by atoms with Gasteiger partial charge in [0.05, 0.1) is 6.54 Å². The third-order valence-corrected chi connectivity index (χ3v) is 4.27. The van der Waals surface area contributed by atoms with Gasteiger partial charge in [-0.15, -0.1) is 5.10 Å². The van der Waals surface area contributed by atoms with E-state index < -0.39 is 28.9 Å². The fourth-order valence-corrected chi connectivity index (χ4v) is 2.97. The number of aromatic hydroxyl groups is 1. The number of halogens is 2. The maximum Gasteiger partial charge on any atom is 0.350 e. The number of nitrogens with zero attached hydrogens (tertiary/aromatic N) is 3. The van der Waals surface area contributed by atoms with Crippen LogP contribution in [0.3, 0.4) is 0 Å². The molecular weight excluding hydrogens is 382 g/mol. The Kier molecular flexibility index (Phi) is 4.55. The van der Waals surface area contributed by atoms with Crippen molar-refractivity contribution in [2.24, 2.45) is 0 Å². The summed E-state index contributed by atoms with van der Waals surface area (Å²) in [7, 11) is 0. The van der Waals surface area contributed by atoms with Gasteiger partial charge in [-0.3, -0.25) is 9.20 Å². The van der Waals surface area contributed by atoms with E-state index in [1.54, 1.807) is 48.7 Å². The van der Waals surface area contributed by atoms with Crippen molar-refractivity contribution < 1.29 is 18.7 Å². The Labute approximate surface area is 162 Å². The fourth-order valence-electron chi connectivity index (χ4n) is 2.97. The molecule has 0 fully saturated rings. The Balaban J connectivity index is 1.58. The summed E-state index contributed by atoms with van der Waals surface area (Å²) in [6.07, 6.45) is 1.61. The van der Waals surface area contributed by atoms with E-state index in [-0.39, 0.29) is 12.2 Å². The van der Waals surface area contributed by atoms with Crippen LogP contribution in [0.1, 0.15) is 15.9 Å². The molecule has 0 atom stereocenters. The van der Waals surface area contributed by atoms with E-state index in [1.807, 2.05) is 0 Å². The van der Waals surface area contributed by atoms with Crippen LogP contribution in [0, 0.1) is 11.6 Å². The first-order chi connectivity index (χ1) is 13.9. The minimum Gasteiger partial charge on any atom is -0.507 e. The smallest absolute Gasteiger partial charge is 0.350 e. The lowest BCUT2D eigenvalue weighted by Crippen LogP contribution is -2.21. The summed E-state index contributed by atoms with van der Waals surface area (Å²) in [5.74, 6) is -3.89. The van der Waals surface area contributed by atoms with Gasteiger partial charge in [0, 0.05) is 24.0 Å². The second-order valence-corrected chi connectivity index (χ2v) is 6.31. The molecule has 2 heterocycles. The molecule has 1 amide bonds. The summed E-state index contributed by atoms with van der Waals surface area (Å²) >= 11 is 0. The molecule has 0 aliphatic heterocycles. The number of aromatic nitrogens is 3. The first kappa shape index (κ1) is 18.4. The molecule has 0 unspecified atom stereocenters. The molecule has 2 N–H and O–H groups in total. The van der Waals surface area contributed by atoms with Crippen molar-refractivity contribution in [3.63, 3.8) is 0 Å². The Bertz CT molecular complexity index is 1270. The predicted octanol–water partition coefficient (Wildman–Crippen LogP) is 2.78. The fraction of sp³-hybridized carbons (Fsp3) is 0.0500. The summed E-state index contributed by atoms with van der Waals surface area (Å²) in [5, 5.41) is 16.4. The molecule has 4 rings (SSSR count). The van der Waals surface area contributed by atoms with Crippen LogP contribution in [0.15, 0.2) is 65.6 Å². The minimum atomic E-state index is -1.17. The zero-order valence-electron chi connectivity index (χ0n) is 14.8. The van der Waals surface area contributed by atoms with Crippen molar-refractivity contribution in [2.75, 3.05) is 5.32 Å². The molecule has 0 bridgehead atoms. The Hall–Kier alpha value is -4.01. The number of hydrogen-bond donors (Lipinski definition) is 2. The number of phenols is 1. The lowest BCUT2D eigenvalue weighted by molar-refractivity contribution is 0.102. The number of rotatable bonds is 4. The lowest BCUT2D eigenvalue weighted by Gasteiger charge is -2.09. The molecule has 2 aromatic carbocycles. The number of carbonyl (C=O) groups is 1. The predicted molar refractivity (Wildman–Crippen MR) is 101 cm³/mol. The number of anilines is 1. The second kappa shape index (κ2) is 7.19. The van der Waals surface area contributed by atoms with Gasteiger partial charge < -0.3 is 10.4 Å². The van der Waals surface area contributed by atoms with E-state index >= 15 is 0 Å². The van der Waals surface area contributed by atoms with E-state index in [9.17, 15) is 23.5 Å². The van der Waals surface area contributed by atoms with Crippen molar-refractivity contribution in [1.29, 1.82) is 0 Å². The Morgan fingerprint density at radius 2 is 1.93 bits per heavy atom. The molecule has 2 aromatic heterocycles. The first-order valence-corrected chi connectivity index (χ1v) is 8.55. The minimum absolute atomic E-state index is 0.153. The normalized spacial score (nSPS) is 11.0. The van der Waals surface area contributed by atoms with E-state index in [4.69, 9.17) is 0 Å². The van der Waals surface area contributed by atoms with E-state index in [2.05, 4.69) is 10.4 Å². The highest BCUT2D eigenvalue weighted by molar-refractivity contribution is 6.06.